The van der Waals surface area contributed by atoms with Crippen LogP contribution in [0.1, 0.15) is 11.3 Å². The quantitative estimate of drug-likeness (QED) is 0.280. The summed E-state index contributed by atoms with van der Waals surface area (Å²) in [6.45, 7) is 1.64. The first kappa shape index (κ1) is 24.6. The number of amides is 2. The molecule has 3 aromatic rings. The minimum atomic E-state index is -0.602. The Hall–Kier alpha value is -2.04. The number of thioether (sulfide) groups is 1. The third-order valence-electron chi connectivity index (χ3n) is 4.25. The number of hydrogen-bond acceptors (Lipinski definition) is 5. The number of carbonyl (C=O) groups excluding carboxylic acids is 1. The van der Waals surface area contributed by atoms with Gasteiger partial charge in [-0.05, 0) is 31.2 Å². The fraction of sp³-hybridized carbons (Fsp3) is 0.150. The van der Waals surface area contributed by atoms with Crippen molar-refractivity contribution in [2.24, 2.45) is 0 Å². The Balaban J connectivity index is 1.66. The molecule has 0 fully saturated rings. The van der Waals surface area contributed by atoms with Crippen LogP contribution in [0.25, 0.3) is 11.3 Å². The molecule has 0 unspecified atom stereocenters. The Morgan fingerprint density at radius 2 is 1.81 bits per heavy atom. The van der Waals surface area contributed by atoms with Crippen LogP contribution in [0.2, 0.25) is 15.1 Å². The van der Waals surface area contributed by atoms with Crippen LogP contribution in [0, 0.1) is 12.7 Å². The number of hydrazine groups is 1. The van der Waals surface area contributed by atoms with Gasteiger partial charge < -0.3 is 9.84 Å². The second kappa shape index (κ2) is 10.7. The molecule has 0 saturated heterocycles. The Labute approximate surface area is 208 Å². The maximum absolute atomic E-state index is 13.9. The number of hydrogen-bond donors (Lipinski definition) is 2. The van der Waals surface area contributed by atoms with E-state index in [4.69, 9.17) is 51.5 Å². The maximum Gasteiger partial charge on any atom is 0.338 e. The van der Waals surface area contributed by atoms with Gasteiger partial charge >= 0.3 is 6.03 Å². The monoisotopic (exact) mass is 532 g/mol. The van der Waals surface area contributed by atoms with Gasteiger partial charge in [0.15, 0.2) is 10.1 Å². The number of anilines is 1. The van der Waals surface area contributed by atoms with Crippen molar-refractivity contribution in [2.45, 2.75) is 12.7 Å². The molecule has 2 aromatic carbocycles. The Kier molecular flexibility index (Phi) is 8.24. The van der Waals surface area contributed by atoms with Crippen molar-refractivity contribution in [1.29, 1.82) is 0 Å². The molecule has 0 aliphatic rings. The van der Waals surface area contributed by atoms with Crippen LogP contribution in [-0.2, 0) is 5.75 Å². The number of benzene rings is 2. The van der Waals surface area contributed by atoms with Crippen molar-refractivity contribution < 1.29 is 13.7 Å². The van der Waals surface area contributed by atoms with Crippen LogP contribution in [-0.4, -0.2) is 27.6 Å². The van der Waals surface area contributed by atoms with E-state index in [1.165, 1.54) is 17.1 Å². The van der Waals surface area contributed by atoms with Gasteiger partial charge in [-0.25, -0.2) is 14.6 Å². The molecule has 1 aromatic heterocycles. The van der Waals surface area contributed by atoms with E-state index in [2.05, 4.69) is 15.9 Å². The average Bonchev–Trinajstić information content (AvgIpc) is 3.07. The molecule has 168 valence electrons. The molecule has 12 heteroatoms. The van der Waals surface area contributed by atoms with Gasteiger partial charge in [0.05, 0.1) is 10.0 Å². The van der Waals surface area contributed by atoms with Crippen molar-refractivity contribution in [2.75, 3.05) is 12.4 Å². The molecule has 0 spiro atoms. The molecule has 3 rings (SSSR count). The number of nitrogens with one attached hydrogen (secondary N) is 2. The molecular weight excluding hydrogens is 518 g/mol. The van der Waals surface area contributed by atoms with Crippen LogP contribution >= 0.6 is 58.8 Å². The minimum Gasteiger partial charge on any atom is -0.359 e. The zero-order chi connectivity index (χ0) is 23.4. The zero-order valence-electron chi connectivity index (χ0n) is 16.7. The molecular formula is C20H16Cl3FN4O2S2. The first-order valence-electron chi connectivity index (χ1n) is 9.00. The van der Waals surface area contributed by atoms with Crippen molar-refractivity contribution in [3.63, 3.8) is 0 Å². The summed E-state index contributed by atoms with van der Waals surface area (Å²) < 4.78 is 19.5. The second-order valence-electron chi connectivity index (χ2n) is 6.44. The molecule has 1 heterocycles. The van der Waals surface area contributed by atoms with E-state index >= 15 is 0 Å². The Morgan fingerprint density at radius 1 is 1.19 bits per heavy atom. The van der Waals surface area contributed by atoms with Gasteiger partial charge in [0.2, 0.25) is 0 Å². The zero-order valence-corrected chi connectivity index (χ0v) is 20.6. The number of carbonyl (C=O) groups is 1. The Bertz CT molecular complexity index is 1140. The van der Waals surface area contributed by atoms with E-state index in [1.54, 1.807) is 38.2 Å². The number of rotatable bonds is 4. The standard InChI is InChI=1S/C20H16Cl3FN4O2S2/c1-10-17(18(27-30-10)16-13(22)6-3-7-14(16)23)25-19(29)26-28(2)20(31)32-9-11-12(21)5-4-8-15(11)24/h3-8H,9H2,1-2H3,(H2,25,26,29). The van der Waals surface area contributed by atoms with Gasteiger partial charge in [-0.15, -0.1) is 0 Å². The third kappa shape index (κ3) is 5.65. The summed E-state index contributed by atoms with van der Waals surface area (Å²) >= 11 is 25.0. The molecule has 32 heavy (non-hydrogen) atoms. The summed E-state index contributed by atoms with van der Waals surface area (Å²) in [6.07, 6.45) is 0. The van der Waals surface area contributed by atoms with Gasteiger partial charge in [0.1, 0.15) is 17.2 Å². The summed E-state index contributed by atoms with van der Waals surface area (Å²) in [5.41, 5.74) is 3.95. The summed E-state index contributed by atoms with van der Waals surface area (Å²) in [5.74, 6) is 0.146. The summed E-state index contributed by atoms with van der Waals surface area (Å²) in [7, 11) is 1.56. The predicted octanol–water partition coefficient (Wildman–Crippen LogP) is 6.94. The lowest BCUT2D eigenvalue weighted by atomic mass is 10.1. The van der Waals surface area contributed by atoms with Gasteiger partial charge in [0.25, 0.3) is 0 Å². The number of nitrogens with zero attached hydrogens (tertiary/aromatic N) is 2. The smallest absolute Gasteiger partial charge is 0.338 e. The highest BCUT2D eigenvalue weighted by atomic mass is 35.5. The lowest BCUT2D eigenvalue weighted by Crippen LogP contribution is -2.43. The molecule has 0 bridgehead atoms. The van der Waals surface area contributed by atoms with Crippen LogP contribution in [0.4, 0.5) is 14.9 Å². The van der Waals surface area contributed by atoms with Gasteiger partial charge in [-0.3, -0.25) is 5.01 Å². The molecule has 0 atom stereocenters. The third-order valence-corrected chi connectivity index (χ3v) is 6.81. The Morgan fingerprint density at radius 3 is 2.47 bits per heavy atom. The highest BCUT2D eigenvalue weighted by molar-refractivity contribution is 8.22. The molecule has 0 aliphatic heterocycles. The first-order valence-corrected chi connectivity index (χ1v) is 11.5. The minimum absolute atomic E-state index is 0.206. The average molecular weight is 534 g/mol. The fourth-order valence-electron chi connectivity index (χ4n) is 2.65. The van der Waals surface area contributed by atoms with Gasteiger partial charge in [0, 0.05) is 29.0 Å². The summed E-state index contributed by atoms with van der Waals surface area (Å²) in [5, 5.41) is 9.00. The lowest BCUT2D eigenvalue weighted by molar-refractivity contribution is 0.237. The molecule has 2 amide bonds. The van der Waals surface area contributed by atoms with Crippen LogP contribution in [0.5, 0.6) is 0 Å². The van der Waals surface area contributed by atoms with E-state index in [0.29, 0.717) is 47.7 Å². The van der Waals surface area contributed by atoms with Gasteiger partial charge in [-0.2, -0.15) is 0 Å². The topological polar surface area (TPSA) is 70.4 Å². The predicted molar refractivity (Wildman–Crippen MR) is 132 cm³/mol. The van der Waals surface area contributed by atoms with E-state index in [-0.39, 0.29) is 5.75 Å². The SMILES string of the molecule is Cc1onc(-c2c(Cl)cccc2Cl)c1NC(=O)NN(C)C(=S)SCc1c(F)cccc1Cl. The largest absolute Gasteiger partial charge is 0.359 e. The van der Waals surface area contributed by atoms with E-state index in [0.717, 1.165) is 11.8 Å². The van der Waals surface area contributed by atoms with Crippen molar-refractivity contribution in [3.05, 3.63) is 68.6 Å². The number of urea groups is 1. The molecule has 0 radical (unpaired) electrons. The number of halogens is 4. The van der Waals surface area contributed by atoms with Crippen LogP contribution in [0.3, 0.4) is 0 Å². The van der Waals surface area contributed by atoms with E-state index in [1.807, 2.05) is 0 Å². The number of aromatic nitrogens is 1. The van der Waals surface area contributed by atoms with Crippen molar-refractivity contribution in [3.8, 4) is 11.3 Å². The van der Waals surface area contributed by atoms with Crippen molar-refractivity contribution in [1.82, 2.24) is 15.6 Å². The highest BCUT2D eigenvalue weighted by Gasteiger charge is 2.22. The molecule has 0 saturated carbocycles. The van der Waals surface area contributed by atoms with Crippen molar-refractivity contribution >= 4 is 74.8 Å². The first-order chi connectivity index (χ1) is 15.2. The molecule has 0 aliphatic carbocycles. The van der Waals surface area contributed by atoms with E-state index in [9.17, 15) is 9.18 Å². The molecule has 2 N–H and O–H groups in total. The van der Waals surface area contributed by atoms with Gasteiger partial charge in [-0.1, -0.05) is 76.1 Å². The second-order valence-corrected chi connectivity index (χ2v) is 9.27. The number of thiocarbonyl (C=S) groups is 1. The lowest BCUT2D eigenvalue weighted by Gasteiger charge is -2.21. The molecule has 6 nitrogen and oxygen atoms in total. The van der Waals surface area contributed by atoms with E-state index < -0.39 is 11.8 Å². The van der Waals surface area contributed by atoms with Crippen LogP contribution in [0.15, 0.2) is 40.9 Å². The normalized spacial score (nSPS) is 10.7. The fourth-order valence-corrected chi connectivity index (χ4v) is 4.56. The summed E-state index contributed by atoms with van der Waals surface area (Å²) in [6, 6.07) is 8.86. The number of aryl methyl sites for hydroxylation is 1. The maximum atomic E-state index is 13.9. The summed E-state index contributed by atoms with van der Waals surface area (Å²) in [4.78, 5) is 12.6. The van der Waals surface area contributed by atoms with Crippen LogP contribution < -0.4 is 10.7 Å². The highest BCUT2D eigenvalue weighted by Crippen LogP contribution is 2.39.